The summed E-state index contributed by atoms with van der Waals surface area (Å²) in [4.78, 5) is 27.9. The molecule has 25 heavy (non-hydrogen) atoms. The number of hydrogen-bond donors (Lipinski definition) is 1. The number of aromatic amines is 1. The molecule has 7 heteroatoms. The number of aromatic nitrogens is 1. The highest BCUT2D eigenvalue weighted by atomic mass is 79.9. The maximum Gasteiger partial charge on any atom is 0.311 e. The predicted octanol–water partition coefficient (Wildman–Crippen LogP) is 6.41. The van der Waals surface area contributed by atoms with Gasteiger partial charge in [-0.3, -0.25) is 9.59 Å². The number of unbranched alkanes of at least 4 members (excludes halogenated alkanes) is 3. The smallest absolute Gasteiger partial charge is 0.311 e. The third-order valence-electron chi connectivity index (χ3n) is 3.66. The minimum absolute atomic E-state index is 0.257. The van der Waals surface area contributed by atoms with Crippen molar-refractivity contribution >= 4 is 59.5 Å². The SMILES string of the molecule is CCCCCCC(=O)Oc1ccccc1C(=O)c1[nH]c(Br)c(Br)c1Br. The van der Waals surface area contributed by atoms with Crippen LogP contribution in [0.15, 0.2) is 37.8 Å². The number of carbonyl (C=O) groups excluding carboxylic acids is 2. The van der Waals surface area contributed by atoms with Crippen LogP contribution < -0.4 is 4.74 Å². The monoisotopic (exact) mass is 533 g/mol. The minimum atomic E-state index is -0.315. The largest absolute Gasteiger partial charge is 0.426 e. The molecule has 0 atom stereocenters. The quantitative estimate of drug-likeness (QED) is 0.184. The van der Waals surface area contributed by atoms with E-state index in [0.717, 1.165) is 30.2 Å². The van der Waals surface area contributed by atoms with Crippen LogP contribution in [0.3, 0.4) is 0 Å². The molecular formula is C18H18Br3NO3. The highest BCUT2D eigenvalue weighted by Crippen LogP contribution is 2.35. The molecule has 0 amide bonds. The van der Waals surface area contributed by atoms with Gasteiger partial charge in [0.2, 0.25) is 5.78 Å². The second-order valence-corrected chi connectivity index (χ2v) is 7.93. The Bertz CT molecular complexity index is 771. The predicted molar refractivity (Wildman–Crippen MR) is 108 cm³/mol. The van der Waals surface area contributed by atoms with Crippen LogP contribution in [-0.4, -0.2) is 16.7 Å². The Morgan fingerprint density at radius 2 is 1.76 bits per heavy atom. The van der Waals surface area contributed by atoms with E-state index in [0.29, 0.717) is 26.8 Å². The molecule has 134 valence electrons. The highest BCUT2D eigenvalue weighted by Gasteiger charge is 2.22. The zero-order chi connectivity index (χ0) is 18.4. The summed E-state index contributed by atoms with van der Waals surface area (Å²) < 4.78 is 7.43. The first-order valence-corrected chi connectivity index (χ1v) is 10.4. The van der Waals surface area contributed by atoms with Gasteiger partial charge < -0.3 is 9.72 Å². The highest BCUT2D eigenvalue weighted by molar-refractivity contribution is 9.14. The molecule has 0 fully saturated rings. The number of rotatable bonds is 8. The van der Waals surface area contributed by atoms with Crippen molar-refractivity contribution in [3.63, 3.8) is 0 Å². The number of hydrogen-bond acceptors (Lipinski definition) is 3. The number of ether oxygens (including phenoxy) is 1. The number of para-hydroxylation sites is 1. The second-order valence-electron chi connectivity index (χ2n) is 5.55. The Balaban J connectivity index is 2.16. The van der Waals surface area contributed by atoms with E-state index in [1.165, 1.54) is 0 Å². The van der Waals surface area contributed by atoms with Gasteiger partial charge in [-0.15, -0.1) is 0 Å². The third-order valence-corrected chi connectivity index (χ3v) is 6.90. The molecule has 1 N–H and O–H groups in total. The molecule has 0 aliphatic rings. The van der Waals surface area contributed by atoms with Crippen molar-refractivity contribution in [2.24, 2.45) is 0 Å². The zero-order valence-corrected chi connectivity index (χ0v) is 18.5. The van der Waals surface area contributed by atoms with Crippen LogP contribution in [0.4, 0.5) is 0 Å². The number of carbonyl (C=O) groups is 2. The van der Waals surface area contributed by atoms with Crippen molar-refractivity contribution < 1.29 is 14.3 Å². The van der Waals surface area contributed by atoms with Crippen LogP contribution in [0.2, 0.25) is 0 Å². The first-order chi connectivity index (χ1) is 12.0. The maximum atomic E-state index is 12.8. The number of benzene rings is 1. The van der Waals surface area contributed by atoms with Gasteiger partial charge in [0, 0.05) is 6.42 Å². The van der Waals surface area contributed by atoms with E-state index in [2.05, 4.69) is 59.7 Å². The van der Waals surface area contributed by atoms with E-state index >= 15 is 0 Å². The molecule has 0 radical (unpaired) electrons. The molecule has 0 aliphatic carbocycles. The van der Waals surface area contributed by atoms with Crippen molar-refractivity contribution in [1.82, 2.24) is 4.98 Å². The van der Waals surface area contributed by atoms with E-state index in [1.807, 2.05) is 0 Å². The number of H-pyrrole nitrogens is 1. The van der Waals surface area contributed by atoms with Crippen LogP contribution in [-0.2, 0) is 4.79 Å². The first kappa shape index (κ1) is 20.4. The standard InChI is InChI=1S/C18H18Br3NO3/c1-2-3-4-5-10-13(23)25-12-9-7-6-8-11(12)17(24)16-14(19)15(20)18(21)22-16/h6-9,22H,2-5,10H2,1H3. The fourth-order valence-corrected chi connectivity index (χ4v) is 3.77. The lowest BCUT2D eigenvalue weighted by Gasteiger charge is -2.09. The molecule has 0 spiro atoms. The lowest BCUT2D eigenvalue weighted by atomic mass is 10.1. The van der Waals surface area contributed by atoms with E-state index in [9.17, 15) is 9.59 Å². The summed E-state index contributed by atoms with van der Waals surface area (Å²) in [5.41, 5.74) is 0.719. The van der Waals surface area contributed by atoms with Crippen molar-refractivity contribution in [2.45, 2.75) is 39.0 Å². The van der Waals surface area contributed by atoms with Gasteiger partial charge in [0.1, 0.15) is 11.4 Å². The topological polar surface area (TPSA) is 59.2 Å². The first-order valence-electron chi connectivity index (χ1n) is 8.02. The molecule has 1 heterocycles. The maximum absolute atomic E-state index is 12.8. The Hall–Kier alpha value is -0.920. The molecule has 0 saturated carbocycles. The summed E-state index contributed by atoms with van der Waals surface area (Å²) in [6, 6.07) is 6.77. The summed E-state index contributed by atoms with van der Waals surface area (Å²) in [7, 11) is 0. The Morgan fingerprint density at radius 3 is 2.40 bits per heavy atom. The normalized spacial score (nSPS) is 10.7. The molecule has 1 aromatic carbocycles. The van der Waals surface area contributed by atoms with Gasteiger partial charge in [-0.25, -0.2) is 0 Å². The van der Waals surface area contributed by atoms with Gasteiger partial charge >= 0.3 is 5.97 Å². The van der Waals surface area contributed by atoms with Crippen molar-refractivity contribution in [3.05, 3.63) is 49.1 Å². The Labute approximate surface area is 172 Å². The summed E-state index contributed by atoms with van der Waals surface area (Å²) >= 11 is 10.1. The molecule has 0 aliphatic heterocycles. The van der Waals surface area contributed by atoms with Crippen LogP contribution >= 0.6 is 47.8 Å². The van der Waals surface area contributed by atoms with E-state index in [4.69, 9.17) is 4.74 Å². The summed E-state index contributed by atoms with van der Waals surface area (Å²) in [6.45, 7) is 2.12. The van der Waals surface area contributed by atoms with Gasteiger partial charge in [0.25, 0.3) is 0 Å². The average Bonchev–Trinajstić information content (AvgIpc) is 2.86. The lowest BCUT2D eigenvalue weighted by Crippen LogP contribution is -2.12. The van der Waals surface area contributed by atoms with Crippen molar-refractivity contribution in [1.29, 1.82) is 0 Å². The lowest BCUT2D eigenvalue weighted by molar-refractivity contribution is -0.134. The third kappa shape index (κ3) is 5.28. The molecule has 1 aromatic heterocycles. The number of ketones is 1. The Morgan fingerprint density at radius 1 is 1.04 bits per heavy atom. The number of esters is 1. The average molecular weight is 536 g/mol. The van der Waals surface area contributed by atoms with E-state index in [-0.39, 0.29) is 17.5 Å². The van der Waals surface area contributed by atoms with Gasteiger partial charge in [0.15, 0.2) is 0 Å². The van der Waals surface area contributed by atoms with Gasteiger partial charge in [-0.05, 0) is 66.3 Å². The molecule has 2 aromatic rings. The summed E-state index contributed by atoms with van der Waals surface area (Å²) in [5, 5.41) is 0. The number of nitrogens with one attached hydrogen (secondary N) is 1. The van der Waals surface area contributed by atoms with Crippen LogP contribution in [0.1, 0.15) is 55.1 Å². The van der Waals surface area contributed by atoms with Crippen LogP contribution in [0, 0.1) is 0 Å². The molecule has 0 unspecified atom stereocenters. The van der Waals surface area contributed by atoms with E-state index < -0.39 is 0 Å². The molecular weight excluding hydrogens is 518 g/mol. The van der Waals surface area contributed by atoms with Crippen molar-refractivity contribution in [2.75, 3.05) is 0 Å². The van der Waals surface area contributed by atoms with E-state index in [1.54, 1.807) is 24.3 Å². The molecule has 4 nitrogen and oxygen atoms in total. The zero-order valence-electron chi connectivity index (χ0n) is 13.7. The number of halogens is 3. The van der Waals surface area contributed by atoms with Crippen molar-refractivity contribution in [3.8, 4) is 5.75 Å². The fraction of sp³-hybridized carbons (Fsp3) is 0.333. The van der Waals surface area contributed by atoms with Crippen LogP contribution in [0.5, 0.6) is 5.75 Å². The van der Waals surface area contributed by atoms with Gasteiger partial charge in [-0.2, -0.15) is 0 Å². The second kappa shape index (κ2) is 9.69. The molecule has 0 bridgehead atoms. The fourth-order valence-electron chi connectivity index (χ4n) is 2.33. The molecule has 0 saturated heterocycles. The minimum Gasteiger partial charge on any atom is -0.426 e. The molecule has 2 rings (SSSR count). The summed E-state index contributed by atoms with van der Waals surface area (Å²) in [5.74, 6) is -0.293. The Kier molecular flexibility index (Phi) is 7.90. The van der Waals surface area contributed by atoms with Gasteiger partial charge in [-0.1, -0.05) is 38.3 Å². The van der Waals surface area contributed by atoms with Crippen LogP contribution in [0.25, 0.3) is 0 Å². The van der Waals surface area contributed by atoms with Gasteiger partial charge in [0.05, 0.1) is 19.1 Å². The summed E-state index contributed by atoms with van der Waals surface area (Å²) in [6.07, 6.45) is 4.37.